The third-order valence-corrected chi connectivity index (χ3v) is 2.86. The minimum absolute atomic E-state index is 0.167. The van der Waals surface area contributed by atoms with E-state index in [0.717, 1.165) is 12.0 Å². The second kappa shape index (κ2) is 7.16. The normalized spacial score (nSPS) is 9.91. The molecule has 0 saturated carbocycles. The summed E-state index contributed by atoms with van der Waals surface area (Å²) in [7, 11) is 0. The molecule has 0 aliphatic carbocycles. The molecule has 7 heteroatoms. The number of hydrogen-bond acceptors (Lipinski definition) is 4. The summed E-state index contributed by atoms with van der Waals surface area (Å²) < 4.78 is 0. The van der Waals surface area contributed by atoms with Gasteiger partial charge in [-0.2, -0.15) is 0 Å². The standard InChI is InChI=1S/C15H17N5O2/c1-3-11-4-5-12(18-10(2)21)8-13(11)19-15(22)20-14-9-16-6-7-17-14/h4-9H,3H2,1-2H3,(H,18,21)(H2,17,19,20,22). The van der Waals surface area contributed by atoms with E-state index < -0.39 is 6.03 Å². The topological polar surface area (TPSA) is 96.0 Å². The van der Waals surface area contributed by atoms with Crippen LogP contribution in [0.4, 0.5) is 22.0 Å². The molecule has 3 amide bonds. The van der Waals surface area contributed by atoms with Crippen molar-refractivity contribution in [3.05, 3.63) is 42.4 Å². The second-order valence-corrected chi connectivity index (χ2v) is 4.58. The van der Waals surface area contributed by atoms with E-state index in [1.54, 1.807) is 12.1 Å². The van der Waals surface area contributed by atoms with Gasteiger partial charge in [-0.1, -0.05) is 13.0 Å². The highest BCUT2D eigenvalue weighted by atomic mass is 16.2. The monoisotopic (exact) mass is 299 g/mol. The van der Waals surface area contributed by atoms with Crippen LogP contribution in [0.2, 0.25) is 0 Å². The van der Waals surface area contributed by atoms with E-state index >= 15 is 0 Å². The van der Waals surface area contributed by atoms with Crippen LogP contribution in [-0.2, 0) is 11.2 Å². The number of benzene rings is 1. The maximum Gasteiger partial charge on any atom is 0.324 e. The van der Waals surface area contributed by atoms with E-state index in [1.165, 1.54) is 25.5 Å². The van der Waals surface area contributed by atoms with Gasteiger partial charge < -0.3 is 10.6 Å². The fourth-order valence-corrected chi connectivity index (χ4v) is 1.92. The number of rotatable bonds is 4. The van der Waals surface area contributed by atoms with Crippen LogP contribution < -0.4 is 16.0 Å². The van der Waals surface area contributed by atoms with Gasteiger partial charge >= 0.3 is 6.03 Å². The molecular formula is C15H17N5O2. The lowest BCUT2D eigenvalue weighted by molar-refractivity contribution is -0.114. The van der Waals surface area contributed by atoms with E-state index in [2.05, 4.69) is 25.9 Å². The average Bonchev–Trinajstić information content (AvgIpc) is 2.48. The second-order valence-electron chi connectivity index (χ2n) is 4.58. The summed E-state index contributed by atoms with van der Waals surface area (Å²) in [5, 5.41) is 8.03. The van der Waals surface area contributed by atoms with Crippen LogP contribution in [0.25, 0.3) is 0 Å². The molecule has 1 heterocycles. The maximum absolute atomic E-state index is 12.0. The highest BCUT2D eigenvalue weighted by Crippen LogP contribution is 2.22. The van der Waals surface area contributed by atoms with Gasteiger partial charge in [-0.15, -0.1) is 0 Å². The van der Waals surface area contributed by atoms with Crippen molar-refractivity contribution in [2.75, 3.05) is 16.0 Å². The molecule has 0 saturated heterocycles. The third-order valence-electron chi connectivity index (χ3n) is 2.86. The first-order valence-electron chi connectivity index (χ1n) is 6.83. The third kappa shape index (κ3) is 4.27. The lowest BCUT2D eigenvalue weighted by Crippen LogP contribution is -2.21. The lowest BCUT2D eigenvalue weighted by atomic mass is 10.1. The van der Waals surface area contributed by atoms with Crippen LogP contribution in [0.3, 0.4) is 0 Å². The summed E-state index contributed by atoms with van der Waals surface area (Å²) in [5.41, 5.74) is 2.22. The fourth-order valence-electron chi connectivity index (χ4n) is 1.92. The number of anilines is 3. The molecule has 1 aromatic heterocycles. The van der Waals surface area contributed by atoms with Crippen molar-refractivity contribution in [2.45, 2.75) is 20.3 Å². The molecule has 0 fully saturated rings. The Morgan fingerprint density at radius 1 is 1.14 bits per heavy atom. The predicted octanol–water partition coefficient (Wildman–Crippen LogP) is 2.64. The number of carbonyl (C=O) groups is 2. The molecule has 3 N–H and O–H groups in total. The van der Waals surface area contributed by atoms with Crippen molar-refractivity contribution in [1.29, 1.82) is 0 Å². The van der Waals surface area contributed by atoms with Crippen molar-refractivity contribution in [3.8, 4) is 0 Å². The molecule has 0 unspecified atom stereocenters. The fraction of sp³-hybridized carbons (Fsp3) is 0.200. The minimum atomic E-state index is -0.421. The van der Waals surface area contributed by atoms with E-state index in [4.69, 9.17) is 0 Å². The molecular weight excluding hydrogens is 282 g/mol. The predicted molar refractivity (Wildman–Crippen MR) is 84.8 cm³/mol. The highest BCUT2D eigenvalue weighted by molar-refractivity contribution is 6.00. The Hall–Kier alpha value is -2.96. The number of carbonyl (C=O) groups excluding carboxylic acids is 2. The molecule has 1 aromatic carbocycles. The van der Waals surface area contributed by atoms with E-state index in [1.807, 2.05) is 13.0 Å². The maximum atomic E-state index is 12.0. The largest absolute Gasteiger partial charge is 0.326 e. The molecule has 0 atom stereocenters. The van der Waals surface area contributed by atoms with Gasteiger partial charge in [0.05, 0.1) is 6.20 Å². The quantitative estimate of drug-likeness (QED) is 0.808. The van der Waals surface area contributed by atoms with Crippen molar-refractivity contribution in [1.82, 2.24) is 9.97 Å². The van der Waals surface area contributed by atoms with Gasteiger partial charge in [0.1, 0.15) is 0 Å². The minimum Gasteiger partial charge on any atom is -0.326 e. The van der Waals surface area contributed by atoms with Crippen molar-refractivity contribution in [2.24, 2.45) is 0 Å². The van der Waals surface area contributed by atoms with Crippen LogP contribution in [0, 0.1) is 0 Å². The van der Waals surface area contributed by atoms with Crippen molar-refractivity contribution < 1.29 is 9.59 Å². The number of hydrogen-bond donors (Lipinski definition) is 3. The Morgan fingerprint density at radius 3 is 2.59 bits per heavy atom. The molecule has 114 valence electrons. The van der Waals surface area contributed by atoms with Gasteiger partial charge in [0.2, 0.25) is 5.91 Å². The number of urea groups is 1. The average molecular weight is 299 g/mol. The van der Waals surface area contributed by atoms with Crippen LogP contribution in [0.5, 0.6) is 0 Å². The number of nitrogens with one attached hydrogen (secondary N) is 3. The summed E-state index contributed by atoms with van der Waals surface area (Å²) in [4.78, 5) is 31.0. The molecule has 0 bridgehead atoms. The van der Waals surface area contributed by atoms with Crippen molar-refractivity contribution in [3.63, 3.8) is 0 Å². The Balaban J connectivity index is 2.12. The number of amides is 3. The molecule has 2 aromatic rings. The Morgan fingerprint density at radius 2 is 1.95 bits per heavy atom. The molecule has 0 aliphatic heterocycles. The van der Waals surface area contributed by atoms with Crippen LogP contribution in [0.1, 0.15) is 19.4 Å². The number of aromatic nitrogens is 2. The SMILES string of the molecule is CCc1ccc(NC(C)=O)cc1NC(=O)Nc1cnccn1. The number of aryl methyl sites for hydroxylation is 1. The van der Waals surface area contributed by atoms with Crippen molar-refractivity contribution >= 4 is 29.1 Å². The molecule has 0 aliphatic rings. The zero-order valence-corrected chi connectivity index (χ0v) is 12.4. The lowest BCUT2D eigenvalue weighted by Gasteiger charge is -2.12. The van der Waals surface area contributed by atoms with Crippen LogP contribution in [0.15, 0.2) is 36.8 Å². The summed E-state index contributed by atoms with van der Waals surface area (Å²) in [6.07, 6.45) is 5.22. The number of nitrogens with zero attached hydrogens (tertiary/aromatic N) is 2. The molecule has 0 radical (unpaired) electrons. The molecule has 7 nitrogen and oxygen atoms in total. The summed E-state index contributed by atoms with van der Waals surface area (Å²) in [6.45, 7) is 3.42. The highest BCUT2D eigenvalue weighted by Gasteiger charge is 2.08. The zero-order chi connectivity index (χ0) is 15.9. The first kappa shape index (κ1) is 15.4. The smallest absolute Gasteiger partial charge is 0.324 e. The molecule has 0 spiro atoms. The first-order valence-corrected chi connectivity index (χ1v) is 6.83. The van der Waals surface area contributed by atoms with Gasteiger partial charge in [-0.3, -0.25) is 15.1 Å². The van der Waals surface area contributed by atoms with Gasteiger partial charge in [0.15, 0.2) is 5.82 Å². The Bertz CT molecular complexity index is 673. The van der Waals surface area contributed by atoms with Gasteiger partial charge in [0.25, 0.3) is 0 Å². The summed E-state index contributed by atoms with van der Waals surface area (Å²) >= 11 is 0. The van der Waals surface area contributed by atoms with Gasteiger partial charge in [0, 0.05) is 30.7 Å². The van der Waals surface area contributed by atoms with Crippen LogP contribution >= 0.6 is 0 Å². The van der Waals surface area contributed by atoms with E-state index in [9.17, 15) is 9.59 Å². The van der Waals surface area contributed by atoms with E-state index in [0.29, 0.717) is 17.2 Å². The summed E-state index contributed by atoms with van der Waals surface area (Å²) in [6, 6.07) is 4.96. The van der Waals surface area contributed by atoms with E-state index in [-0.39, 0.29) is 5.91 Å². The Labute approximate surface area is 128 Å². The zero-order valence-electron chi connectivity index (χ0n) is 12.4. The molecule has 22 heavy (non-hydrogen) atoms. The van der Waals surface area contributed by atoms with Gasteiger partial charge in [-0.25, -0.2) is 9.78 Å². The Kier molecular flexibility index (Phi) is 5.02. The van der Waals surface area contributed by atoms with Crippen LogP contribution in [-0.4, -0.2) is 21.9 Å². The molecule has 2 rings (SSSR count). The first-order chi connectivity index (χ1) is 10.6. The van der Waals surface area contributed by atoms with Gasteiger partial charge in [-0.05, 0) is 24.1 Å². The summed E-state index contributed by atoms with van der Waals surface area (Å²) in [5.74, 6) is 0.190.